The van der Waals surface area contributed by atoms with Crippen molar-refractivity contribution in [2.45, 2.75) is 37.5 Å². The number of benzene rings is 1. The van der Waals surface area contributed by atoms with Crippen molar-refractivity contribution in [1.82, 2.24) is 19.1 Å². The Hall–Kier alpha value is -2.82. The van der Waals surface area contributed by atoms with Crippen LogP contribution in [0.5, 0.6) is 0 Å². The van der Waals surface area contributed by atoms with Crippen molar-refractivity contribution in [3.63, 3.8) is 0 Å². The second-order valence-corrected chi connectivity index (χ2v) is 11.2. The number of fused-ring (bicyclic) bond motifs is 1. The molecule has 1 N–H and O–H groups in total. The molecule has 1 aromatic carbocycles. The molecule has 10 heteroatoms. The molecule has 4 rings (SSSR count). The third-order valence-electron chi connectivity index (χ3n) is 6.52. The Bertz CT molecular complexity index is 1190. The van der Waals surface area contributed by atoms with Crippen molar-refractivity contribution in [3.8, 4) is 0 Å². The van der Waals surface area contributed by atoms with Crippen LogP contribution in [0.1, 0.15) is 29.7 Å². The molecule has 0 radical (unpaired) electrons. The lowest BCUT2D eigenvalue weighted by atomic mass is 9.92. The van der Waals surface area contributed by atoms with Gasteiger partial charge in [-0.25, -0.2) is 13.4 Å². The Kier molecular flexibility index (Phi) is 7.83. The largest absolute Gasteiger partial charge is 0.339 e. The lowest BCUT2D eigenvalue weighted by Crippen LogP contribution is -2.52. The minimum Gasteiger partial charge on any atom is -0.339 e. The SMILES string of the molecule is Cc1cccc(NC(=O)CN(C)CC(=O)N2CCN(S(=O)(=O)c3ccc4c(c3)CCCC4)CC2)n1. The van der Waals surface area contributed by atoms with E-state index in [0.29, 0.717) is 23.8 Å². The molecule has 1 aliphatic carbocycles. The number of anilines is 1. The molecule has 0 saturated carbocycles. The van der Waals surface area contributed by atoms with E-state index in [0.717, 1.165) is 36.9 Å². The minimum absolute atomic E-state index is 0.0496. The topological polar surface area (TPSA) is 103 Å². The third-order valence-corrected chi connectivity index (χ3v) is 8.42. The first-order chi connectivity index (χ1) is 16.7. The van der Waals surface area contributed by atoms with Crippen molar-refractivity contribution in [1.29, 1.82) is 0 Å². The summed E-state index contributed by atoms with van der Waals surface area (Å²) < 4.78 is 27.8. The lowest BCUT2D eigenvalue weighted by Gasteiger charge is -2.35. The van der Waals surface area contributed by atoms with Gasteiger partial charge in [0.05, 0.1) is 18.0 Å². The van der Waals surface area contributed by atoms with Crippen LogP contribution in [-0.4, -0.2) is 85.6 Å². The summed E-state index contributed by atoms with van der Waals surface area (Å²) >= 11 is 0. The van der Waals surface area contributed by atoms with Gasteiger partial charge in [0.15, 0.2) is 0 Å². The molecule has 1 saturated heterocycles. The van der Waals surface area contributed by atoms with Gasteiger partial charge in [0.25, 0.3) is 0 Å². The Morgan fingerprint density at radius 3 is 2.43 bits per heavy atom. The molecule has 1 aliphatic heterocycles. The predicted octanol–water partition coefficient (Wildman–Crippen LogP) is 1.67. The van der Waals surface area contributed by atoms with Gasteiger partial charge in [0, 0.05) is 31.9 Å². The van der Waals surface area contributed by atoms with E-state index in [1.165, 1.54) is 9.87 Å². The van der Waals surface area contributed by atoms with Crippen LogP contribution < -0.4 is 5.32 Å². The maximum Gasteiger partial charge on any atom is 0.243 e. The number of amides is 2. The zero-order valence-electron chi connectivity index (χ0n) is 20.4. The first-order valence-electron chi connectivity index (χ1n) is 12.0. The van der Waals surface area contributed by atoms with Gasteiger partial charge in [-0.2, -0.15) is 4.31 Å². The molecule has 188 valence electrons. The van der Waals surface area contributed by atoms with Crippen LogP contribution in [0.4, 0.5) is 5.82 Å². The number of pyridine rings is 1. The summed E-state index contributed by atoms with van der Waals surface area (Å²) in [5, 5.41) is 2.73. The minimum atomic E-state index is -3.59. The van der Waals surface area contributed by atoms with Crippen LogP contribution in [0.25, 0.3) is 0 Å². The highest BCUT2D eigenvalue weighted by Gasteiger charge is 2.31. The number of hydrogen-bond acceptors (Lipinski definition) is 6. The van der Waals surface area contributed by atoms with E-state index in [9.17, 15) is 18.0 Å². The molecule has 35 heavy (non-hydrogen) atoms. The number of rotatable bonds is 7. The van der Waals surface area contributed by atoms with Crippen molar-refractivity contribution in [3.05, 3.63) is 53.2 Å². The number of aromatic nitrogens is 1. The van der Waals surface area contributed by atoms with E-state index in [4.69, 9.17) is 0 Å². The number of piperazine rings is 1. The fourth-order valence-corrected chi connectivity index (χ4v) is 6.10. The molecular weight excluding hydrogens is 466 g/mol. The van der Waals surface area contributed by atoms with Crippen LogP contribution in [0.3, 0.4) is 0 Å². The average molecular weight is 500 g/mol. The molecule has 2 amide bonds. The lowest BCUT2D eigenvalue weighted by molar-refractivity contribution is -0.133. The number of likely N-dealkylation sites (N-methyl/N-ethyl adjacent to an activating group) is 1. The fourth-order valence-electron chi connectivity index (χ4n) is 4.62. The smallest absolute Gasteiger partial charge is 0.243 e. The number of nitrogens with zero attached hydrogens (tertiary/aromatic N) is 4. The van der Waals surface area contributed by atoms with Crippen molar-refractivity contribution in [2.75, 3.05) is 51.6 Å². The van der Waals surface area contributed by atoms with E-state index < -0.39 is 10.0 Å². The molecule has 0 spiro atoms. The van der Waals surface area contributed by atoms with Crippen molar-refractivity contribution in [2.24, 2.45) is 0 Å². The standard InChI is InChI=1S/C25H33N5O4S/c1-19-6-5-9-23(26-19)27-24(31)17-28(2)18-25(32)29-12-14-30(15-13-29)35(33,34)22-11-10-20-7-3-4-8-21(20)16-22/h5-6,9-11,16H,3-4,7-8,12-15,17-18H2,1-2H3,(H,26,27,31). The Balaban J connectivity index is 1.27. The first kappa shape index (κ1) is 25.3. The van der Waals surface area contributed by atoms with E-state index in [1.54, 1.807) is 29.0 Å². The molecular formula is C25H33N5O4S. The highest BCUT2D eigenvalue weighted by atomic mass is 32.2. The van der Waals surface area contributed by atoms with E-state index in [2.05, 4.69) is 10.3 Å². The molecule has 0 unspecified atom stereocenters. The number of carbonyl (C=O) groups is 2. The molecule has 1 aromatic heterocycles. The maximum absolute atomic E-state index is 13.2. The molecule has 0 atom stereocenters. The summed E-state index contributed by atoms with van der Waals surface area (Å²) in [6, 6.07) is 10.9. The van der Waals surface area contributed by atoms with Gasteiger partial charge < -0.3 is 10.2 Å². The summed E-state index contributed by atoms with van der Waals surface area (Å²) in [4.78, 5) is 32.9. The van der Waals surface area contributed by atoms with Crippen LogP contribution in [-0.2, 0) is 32.5 Å². The first-order valence-corrected chi connectivity index (χ1v) is 13.5. The number of nitrogens with one attached hydrogen (secondary N) is 1. The van der Waals surface area contributed by atoms with Gasteiger partial charge in [-0.3, -0.25) is 14.5 Å². The van der Waals surface area contributed by atoms with Gasteiger partial charge in [-0.15, -0.1) is 0 Å². The number of sulfonamides is 1. The summed E-state index contributed by atoms with van der Waals surface area (Å²) in [6.07, 6.45) is 4.18. The maximum atomic E-state index is 13.2. The van der Waals surface area contributed by atoms with Crippen molar-refractivity contribution >= 4 is 27.7 Å². The quantitative estimate of drug-likeness (QED) is 0.622. The second kappa shape index (κ2) is 10.8. The predicted molar refractivity (Wildman–Crippen MR) is 134 cm³/mol. The number of aryl methyl sites for hydroxylation is 3. The summed E-state index contributed by atoms with van der Waals surface area (Å²) in [6.45, 7) is 3.15. The normalized spacial score (nSPS) is 16.7. The number of hydrogen-bond donors (Lipinski definition) is 1. The monoisotopic (exact) mass is 499 g/mol. The van der Waals surface area contributed by atoms with Crippen LogP contribution >= 0.6 is 0 Å². The van der Waals surface area contributed by atoms with Crippen LogP contribution in [0.2, 0.25) is 0 Å². The van der Waals surface area contributed by atoms with Gasteiger partial charge in [0.2, 0.25) is 21.8 Å². The van der Waals surface area contributed by atoms with Crippen LogP contribution in [0, 0.1) is 6.92 Å². The van der Waals surface area contributed by atoms with E-state index in [1.807, 2.05) is 31.2 Å². The molecule has 2 aromatic rings. The highest BCUT2D eigenvalue weighted by Crippen LogP contribution is 2.26. The molecule has 0 bridgehead atoms. The Labute approximate surface area is 207 Å². The Morgan fingerprint density at radius 1 is 1.00 bits per heavy atom. The van der Waals surface area contributed by atoms with Crippen LogP contribution in [0.15, 0.2) is 41.3 Å². The second-order valence-electron chi connectivity index (χ2n) is 9.31. The summed E-state index contributed by atoms with van der Waals surface area (Å²) in [5.41, 5.74) is 3.19. The van der Waals surface area contributed by atoms with Gasteiger partial charge in [-0.05, 0) is 75.0 Å². The molecule has 9 nitrogen and oxygen atoms in total. The van der Waals surface area contributed by atoms with E-state index >= 15 is 0 Å². The average Bonchev–Trinajstić information content (AvgIpc) is 2.83. The van der Waals surface area contributed by atoms with Gasteiger partial charge in [-0.1, -0.05) is 12.1 Å². The van der Waals surface area contributed by atoms with Gasteiger partial charge in [0.1, 0.15) is 5.82 Å². The fraction of sp³-hybridized carbons (Fsp3) is 0.480. The van der Waals surface area contributed by atoms with Gasteiger partial charge >= 0.3 is 0 Å². The Morgan fingerprint density at radius 2 is 1.71 bits per heavy atom. The zero-order chi connectivity index (χ0) is 25.0. The third kappa shape index (κ3) is 6.25. The number of carbonyl (C=O) groups excluding carboxylic acids is 2. The molecule has 2 heterocycles. The highest BCUT2D eigenvalue weighted by molar-refractivity contribution is 7.89. The summed E-state index contributed by atoms with van der Waals surface area (Å²) in [5.74, 6) is 0.102. The summed E-state index contributed by atoms with van der Waals surface area (Å²) in [7, 11) is -1.88. The van der Waals surface area contributed by atoms with E-state index in [-0.39, 0.29) is 38.0 Å². The molecule has 2 aliphatic rings. The zero-order valence-corrected chi connectivity index (χ0v) is 21.2. The van der Waals surface area contributed by atoms with Crippen molar-refractivity contribution < 1.29 is 18.0 Å². The molecule has 1 fully saturated rings.